The lowest BCUT2D eigenvalue weighted by Gasteiger charge is -2.14. The van der Waals surface area contributed by atoms with Crippen molar-refractivity contribution in [2.24, 2.45) is 5.73 Å². The fourth-order valence-electron chi connectivity index (χ4n) is 0.980. The van der Waals surface area contributed by atoms with Crippen molar-refractivity contribution >= 4 is 17.5 Å². The van der Waals surface area contributed by atoms with Crippen LogP contribution < -0.4 is 11.3 Å². The van der Waals surface area contributed by atoms with Gasteiger partial charge in [0.05, 0.1) is 0 Å². The molecule has 0 radical (unpaired) electrons. The van der Waals surface area contributed by atoms with E-state index in [0.717, 1.165) is 12.3 Å². The summed E-state index contributed by atoms with van der Waals surface area (Å²) in [4.78, 5) is 23.7. The Labute approximate surface area is 89.3 Å². The highest BCUT2D eigenvalue weighted by Gasteiger charge is 2.23. The molecule has 0 aliphatic rings. The maximum Gasteiger partial charge on any atom is 0.266 e. The SMILES string of the molecule is NC(=O)C(O)C(O)c1c[nH]c(=O)c(Cl)c1. The third-order valence-electron chi connectivity index (χ3n) is 1.81. The van der Waals surface area contributed by atoms with E-state index in [0.29, 0.717) is 0 Å². The Morgan fingerprint density at radius 3 is 2.60 bits per heavy atom. The van der Waals surface area contributed by atoms with Crippen LogP contribution in [-0.2, 0) is 4.79 Å². The zero-order valence-electron chi connectivity index (χ0n) is 7.48. The summed E-state index contributed by atoms with van der Waals surface area (Å²) < 4.78 is 0. The number of carbonyl (C=O) groups is 1. The van der Waals surface area contributed by atoms with Gasteiger partial charge in [0.15, 0.2) is 6.10 Å². The van der Waals surface area contributed by atoms with Gasteiger partial charge in [-0.25, -0.2) is 0 Å². The normalized spacial score (nSPS) is 14.6. The van der Waals surface area contributed by atoms with Crippen molar-refractivity contribution in [3.05, 3.63) is 33.2 Å². The second kappa shape index (κ2) is 4.43. The number of aliphatic hydroxyl groups is 2. The Morgan fingerprint density at radius 2 is 2.13 bits per heavy atom. The molecule has 1 heterocycles. The predicted molar refractivity (Wildman–Crippen MR) is 52.2 cm³/mol. The quantitative estimate of drug-likeness (QED) is 0.530. The van der Waals surface area contributed by atoms with Gasteiger partial charge in [0.25, 0.3) is 5.56 Å². The molecule has 0 saturated carbocycles. The van der Waals surface area contributed by atoms with Gasteiger partial charge in [-0.1, -0.05) is 11.6 Å². The van der Waals surface area contributed by atoms with Crippen molar-refractivity contribution in [3.8, 4) is 0 Å². The number of carbonyl (C=O) groups excluding carboxylic acids is 1. The number of hydrogen-bond acceptors (Lipinski definition) is 4. The molecule has 0 aliphatic carbocycles. The van der Waals surface area contributed by atoms with Gasteiger partial charge < -0.3 is 20.9 Å². The number of amides is 1. The van der Waals surface area contributed by atoms with E-state index in [1.54, 1.807) is 0 Å². The maximum atomic E-state index is 10.9. The summed E-state index contributed by atoms with van der Waals surface area (Å²) in [6.45, 7) is 0. The molecule has 0 fully saturated rings. The molecule has 2 unspecified atom stereocenters. The van der Waals surface area contributed by atoms with Gasteiger partial charge >= 0.3 is 0 Å². The number of H-pyrrole nitrogens is 1. The van der Waals surface area contributed by atoms with E-state index in [2.05, 4.69) is 4.98 Å². The van der Waals surface area contributed by atoms with E-state index in [1.807, 2.05) is 0 Å². The van der Waals surface area contributed by atoms with Crippen LogP contribution in [0, 0.1) is 0 Å². The Balaban J connectivity index is 3.01. The Kier molecular flexibility index (Phi) is 3.46. The lowest BCUT2D eigenvalue weighted by Crippen LogP contribution is -2.34. The smallest absolute Gasteiger partial charge is 0.266 e. The highest BCUT2D eigenvalue weighted by molar-refractivity contribution is 6.30. The maximum absolute atomic E-state index is 10.9. The minimum Gasteiger partial charge on any atom is -0.385 e. The number of pyridine rings is 1. The van der Waals surface area contributed by atoms with Crippen molar-refractivity contribution in [1.29, 1.82) is 0 Å². The topological polar surface area (TPSA) is 116 Å². The summed E-state index contributed by atoms with van der Waals surface area (Å²) in [5.74, 6) is -1.06. The summed E-state index contributed by atoms with van der Waals surface area (Å²) >= 11 is 5.49. The average molecular weight is 233 g/mol. The number of aromatic nitrogens is 1. The highest BCUT2D eigenvalue weighted by Crippen LogP contribution is 2.17. The molecule has 2 atom stereocenters. The predicted octanol–water partition coefficient (Wildman–Crippen LogP) is -1.09. The molecule has 1 amide bonds. The van der Waals surface area contributed by atoms with Crippen molar-refractivity contribution in [1.82, 2.24) is 4.98 Å². The van der Waals surface area contributed by atoms with Crippen molar-refractivity contribution in [3.63, 3.8) is 0 Å². The van der Waals surface area contributed by atoms with Gasteiger partial charge in [-0.3, -0.25) is 9.59 Å². The summed E-state index contributed by atoms with van der Waals surface area (Å²) in [5, 5.41) is 18.4. The molecule has 15 heavy (non-hydrogen) atoms. The van der Waals surface area contributed by atoms with E-state index in [-0.39, 0.29) is 10.6 Å². The number of halogens is 1. The number of aliphatic hydroxyl groups excluding tert-OH is 2. The Bertz CT molecular complexity index is 431. The fourth-order valence-corrected chi connectivity index (χ4v) is 1.16. The second-order valence-corrected chi connectivity index (χ2v) is 3.31. The standard InChI is InChI=1S/C8H9ClN2O4/c9-4-1-3(2-11-8(4)15)5(12)6(13)7(10)14/h1-2,5-6,12-13H,(H2,10,14)(H,11,15). The monoisotopic (exact) mass is 232 g/mol. The van der Waals surface area contributed by atoms with Crippen LogP contribution in [0.2, 0.25) is 5.02 Å². The lowest BCUT2D eigenvalue weighted by molar-refractivity contribution is -0.131. The van der Waals surface area contributed by atoms with Crippen molar-refractivity contribution < 1.29 is 15.0 Å². The summed E-state index contributed by atoms with van der Waals surface area (Å²) in [5.41, 5.74) is 4.36. The molecular weight excluding hydrogens is 224 g/mol. The van der Waals surface area contributed by atoms with E-state index >= 15 is 0 Å². The van der Waals surface area contributed by atoms with Crippen molar-refractivity contribution in [2.75, 3.05) is 0 Å². The summed E-state index contributed by atoms with van der Waals surface area (Å²) in [6, 6.07) is 1.15. The number of rotatable bonds is 3. The summed E-state index contributed by atoms with van der Waals surface area (Å²) in [7, 11) is 0. The lowest BCUT2D eigenvalue weighted by atomic mass is 10.1. The molecule has 1 aromatic heterocycles. The highest BCUT2D eigenvalue weighted by atomic mass is 35.5. The first kappa shape index (κ1) is 11.7. The average Bonchev–Trinajstić information content (AvgIpc) is 2.19. The number of nitrogens with two attached hydrogens (primary N) is 1. The van der Waals surface area contributed by atoms with Crippen LogP contribution >= 0.6 is 11.6 Å². The number of nitrogens with one attached hydrogen (secondary N) is 1. The van der Waals surface area contributed by atoms with Gasteiger partial charge in [-0.2, -0.15) is 0 Å². The molecule has 6 nitrogen and oxygen atoms in total. The number of aromatic amines is 1. The van der Waals surface area contributed by atoms with Gasteiger partial charge in [-0.15, -0.1) is 0 Å². The van der Waals surface area contributed by atoms with Gasteiger partial charge in [0, 0.05) is 11.8 Å². The van der Waals surface area contributed by atoms with Crippen LogP contribution in [-0.4, -0.2) is 27.2 Å². The van der Waals surface area contributed by atoms with E-state index in [4.69, 9.17) is 22.4 Å². The van der Waals surface area contributed by atoms with E-state index in [9.17, 15) is 14.7 Å². The van der Waals surface area contributed by atoms with Crippen LogP contribution in [0.1, 0.15) is 11.7 Å². The van der Waals surface area contributed by atoms with E-state index < -0.39 is 23.7 Å². The van der Waals surface area contributed by atoms with Crippen molar-refractivity contribution in [2.45, 2.75) is 12.2 Å². The molecule has 0 saturated heterocycles. The third-order valence-corrected chi connectivity index (χ3v) is 2.09. The molecule has 0 aliphatic heterocycles. The van der Waals surface area contributed by atoms with Gasteiger partial charge in [-0.05, 0) is 6.07 Å². The zero-order valence-corrected chi connectivity index (χ0v) is 8.23. The van der Waals surface area contributed by atoms with Gasteiger partial charge in [0.1, 0.15) is 11.1 Å². The fraction of sp³-hybridized carbons (Fsp3) is 0.250. The molecule has 7 heteroatoms. The zero-order chi connectivity index (χ0) is 11.6. The van der Waals surface area contributed by atoms with Crippen LogP contribution in [0.5, 0.6) is 0 Å². The first-order chi connectivity index (χ1) is 6.93. The Morgan fingerprint density at radius 1 is 1.53 bits per heavy atom. The third kappa shape index (κ3) is 2.56. The first-order valence-electron chi connectivity index (χ1n) is 3.97. The minimum atomic E-state index is -1.74. The molecule has 82 valence electrons. The van der Waals surface area contributed by atoms with Crippen LogP contribution in [0.4, 0.5) is 0 Å². The molecule has 0 spiro atoms. The minimum absolute atomic E-state index is 0.103. The van der Waals surface area contributed by atoms with Crippen LogP contribution in [0.15, 0.2) is 17.1 Å². The van der Waals surface area contributed by atoms with E-state index in [1.165, 1.54) is 0 Å². The Hall–Kier alpha value is -1.37. The molecule has 0 aromatic carbocycles. The second-order valence-electron chi connectivity index (χ2n) is 2.90. The molecule has 5 N–H and O–H groups in total. The van der Waals surface area contributed by atoms with Crippen LogP contribution in [0.3, 0.4) is 0 Å². The van der Waals surface area contributed by atoms with Gasteiger partial charge in [0.2, 0.25) is 5.91 Å². The summed E-state index contributed by atoms with van der Waals surface area (Å²) in [6.07, 6.45) is -2.12. The number of hydrogen-bond donors (Lipinski definition) is 4. The molecular formula is C8H9ClN2O4. The first-order valence-corrected chi connectivity index (χ1v) is 4.35. The number of primary amides is 1. The molecule has 1 rings (SSSR count). The van der Waals surface area contributed by atoms with Crippen LogP contribution in [0.25, 0.3) is 0 Å². The largest absolute Gasteiger partial charge is 0.385 e. The molecule has 1 aromatic rings. The molecule has 0 bridgehead atoms.